The number of likely N-dealkylation sites (tertiary alicyclic amines) is 1. The summed E-state index contributed by atoms with van der Waals surface area (Å²) in [6.07, 6.45) is 0.162. The number of amides is 1. The van der Waals surface area contributed by atoms with Crippen LogP contribution in [0.1, 0.15) is 33.5 Å². The smallest absolute Gasteiger partial charge is 0.251 e. The van der Waals surface area contributed by atoms with Crippen molar-refractivity contribution < 1.29 is 13.9 Å². The van der Waals surface area contributed by atoms with Gasteiger partial charge in [-0.25, -0.2) is 4.39 Å². The molecule has 2 aliphatic rings. The van der Waals surface area contributed by atoms with Crippen molar-refractivity contribution in [3.8, 4) is 0 Å². The Morgan fingerprint density at radius 1 is 1.15 bits per heavy atom. The molecule has 0 bridgehead atoms. The molecule has 3 unspecified atom stereocenters. The number of nitrogens with zero attached hydrogens (tertiary/aromatic N) is 1. The minimum absolute atomic E-state index is 0.162. The fraction of sp³-hybridized carbons (Fsp3) is 0.381. The molecule has 2 aromatic rings. The highest BCUT2D eigenvalue weighted by Crippen LogP contribution is 2.50. The Balaban J connectivity index is 1.33. The van der Waals surface area contributed by atoms with E-state index in [0.29, 0.717) is 23.9 Å². The van der Waals surface area contributed by atoms with Gasteiger partial charge in [-0.2, -0.15) is 0 Å². The summed E-state index contributed by atoms with van der Waals surface area (Å²) in [5.41, 5.74) is 3.22. The Labute approximate surface area is 153 Å². The third-order valence-corrected chi connectivity index (χ3v) is 5.61. The molecular formula is C21H23FN2O2. The minimum Gasteiger partial charge on any atom is -0.376 e. The number of fused-ring (bicyclic) bond motifs is 3. The first-order chi connectivity index (χ1) is 12.7. The lowest BCUT2D eigenvalue weighted by molar-refractivity contribution is 0.0603. The maximum Gasteiger partial charge on any atom is 0.251 e. The summed E-state index contributed by atoms with van der Waals surface area (Å²) in [6, 6.07) is 14.2. The molecule has 1 heterocycles. The number of carbonyl (C=O) groups is 1. The van der Waals surface area contributed by atoms with E-state index in [1.54, 1.807) is 7.11 Å². The number of hydrogen-bond acceptors (Lipinski definition) is 3. The molecule has 1 aliphatic heterocycles. The summed E-state index contributed by atoms with van der Waals surface area (Å²) in [4.78, 5) is 14.5. The van der Waals surface area contributed by atoms with Gasteiger partial charge in [0.15, 0.2) is 0 Å². The quantitative estimate of drug-likeness (QED) is 0.898. The number of ether oxygens (including phenoxy) is 1. The first-order valence-electron chi connectivity index (χ1n) is 9.05. The molecule has 1 N–H and O–H groups in total. The highest BCUT2D eigenvalue weighted by Gasteiger charge is 2.46. The van der Waals surface area contributed by atoms with Gasteiger partial charge >= 0.3 is 0 Å². The normalized spacial score (nSPS) is 24.3. The number of nitrogens with one attached hydrogen (secondary N) is 1. The molecule has 4 rings (SSSR count). The largest absolute Gasteiger partial charge is 0.376 e. The zero-order valence-electron chi connectivity index (χ0n) is 14.8. The number of hydrogen-bond donors (Lipinski definition) is 1. The Bertz CT molecular complexity index is 793. The summed E-state index contributed by atoms with van der Waals surface area (Å²) in [5.74, 6) is 0.483. The van der Waals surface area contributed by atoms with Crippen LogP contribution >= 0.6 is 0 Å². The number of carbonyl (C=O) groups excluding carboxylic acids is 1. The monoisotopic (exact) mass is 354 g/mol. The van der Waals surface area contributed by atoms with Crippen LogP contribution in [0, 0.1) is 11.7 Å². The standard InChI is InChI=1S/C21H23FN2O2/c1-26-20-17-5-3-2-4-16(17)18-12-24(13-19(18)20)11-10-23-21(25)14-6-8-15(22)9-7-14/h2-9,18-20H,10-13H2,1H3,(H,23,25). The average molecular weight is 354 g/mol. The van der Waals surface area contributed by atoms with E-state index in [2.05, 4.69) is 34.5 Å². The average Bonchev–Trinajstić information content (AvgIpc) is 3.18. The van der Waals surface area contributed by atoms with Crippen LogP contribution in [0.4, 0.5) is 4.39 Å². The zero-order chi connectivity index (χ0) is 18.1. The summed E-state index contributed by atoms with van der Waals surface area (Å²) in [5, 5.41) is 2.92. The van der Waals surface area contributed by atoms with Crippen molar-refractivity contribution in [2.24, 2.45) is 5.92 Å². The van der Waals surface area contributed by atoms with Crippen molar-refractivity contribution in [3.05, 3.63) is 71.0 Å². The minimum atomic E-state index is -0.335. The highest BCUT2D eigenvalue weighted by atomic mass is 19.1. The predicted molar refractivity (Wildman–Crippen MR) is 97.6 cm³/mol. The number of rotatable bonds is 5. The Morgan fingerprint density at radius 2 is 1.88 bits per heavy atom. The molecular weight excluding hydrogens is 331 g/mol. The predicted octanol–water partition coefficient (Wildman–Crippen LogP) is 2.97. The van der Waals surface area contributed by atoms with Crippen LogP contribution in [0.25, 0.3) is 0 Å². The second kappa shape index (κ2) is 7.17. The molecule has 0 saturated carbocycles. The summed E-state index contributed by atoms with van der Waals surface area (Å²) < 4.78 is 18.7. The summed E-state index contributed by atoms with van der Waals surface area (Å²) >= 11 is 0. The third kappa shape index (κ3) is 3.13. The van der Waals surface area contributed by atoms with Crippen LogP contribution in [-0.4, -0.2) is 44.1 Å². The van der Waals surface area contributed by atoms with Gasteiger partial charge in [0, 0.05) is 50.7 Å². The lowest BCUT2D eigenvalue weighted by atomic mass is 9.96. The fourth-order valence-electron chi connectivity index (χ4n) is 4.40. The van der Waals surface area contributed by atoms with E-state index in [1.165, 1.54) is 35.4 Å². The number of methoxy groups -OCH3 is 1. The van der Waals surface area contributed by atoms with Gasteiger partial charge in [-0.3, -0.25) is 4.79 Å². The van der Waals surface area contributed by atoms with Crippen molar-refractivity contribution >= 4 is 5.91 Å². The SMILES string of the molecule is COC1c2ccccc2C2CN(CCNC(=O)c3ccc(F)cc3)CC21. The second-order valence-electron chi connectivity index (χ2n) is 7.08. The van der Waals surface area contributed by atoms with E-state index >= 15 is 0 Å². The molecule has 0 aromatic heterocycles. The van der Waals surface area contributed by atoms with Gasteiger partial charge in [0.05, 0.1) is 6.10 Å². The molecule has 1 amide bonds. The van der Waals surface area contributed by atoms with Crippen molar-refractivity contribution in [2.45, 2.75) is 12.0 Å². The van der Waals surface area contributed by atoms with E-state index in [1.807, 2.05) is 0 Å². The first-order valence-corrected chi connectivity index (χ1v) is 9.05. The van der Waals surface area contributed by atoms with Crippen LogP contribution in [0.3, 0.4) is 0 Å². The molecule has 1 fully saturated rings. The molecule has 136 valence electrons. The van der Waals surface area contributed by atoms with Gasteiger partial charge in [-0.05, 0) is 35.4 Å². The number of benzene rings is 2. The number of halogens is 1. The Hall–Kier alpha value is -2.24. The lowest BCUT2D eigenvalue weighted by Crippen LogP contribution is -2.34. The van der Waals surface area contributed by atoms with Gasteiger partial charge in [-0.15, -0.1) is 0 Å². The van der Waals surface area contributed by atoms with E-state index in [9.17, 15) is 9.18 Å². The Kier molecular flexibility index (Phi) is 4.74. The molecule has 0 radical (unpaired) electrons. The van der Waals surface area contributed by atoms with Crippen molar-refractivity contribution in [2.75, 3.05) is 33.3 Å². The lowest BCUT2D eigenvalue weighted by Gasteiger charge is -2.20. The molecule has 2 aromatic carbocycles. The molecule has 0 spiro atoms. The van der Waals surface area contributed by atoms with Crippen LogP contribution in [0.2, 0.25) is 0 Å². The van der Waals surface area contributed by atoms with Gasteiger partial charge < -0.3 is 15.0 Å². The topological polar surface area (TPSA) is 41.6 Å². The van der Waals surface area contributed by atoms with E-state index in [0.717, 1.165) is 19.6 Å². The molecule has 4 nitrogen and oxygen atoms in total. The molecule has 3 atom stereocenters. The van der Waals surface area contributed by atoms with Crippen molar-refractivity contribution in [3.63, 3.8) is 0 Å². The van der Waals surface area contributed by atoms with Gasteiger partial charge in [-0.1, -0.05) is 24.3 Å². The van der Waals surface area contributed by atoms with Crippen LogP contribution in [0.5, 0.6) is 0 Å². The summed E-state index contributed by atoms with van der Waals surface area (Å²) in [6.45, 7) is 3.35. The van der Waals surface area contributed by atoms with E-state index in [4.69, 9.17) is 4.74 Å². The Morgan fingerprint density at radius 3 is 2.62 bits per heavy atom. The van der Waals surface area contributed by atoms with E-state index < -0.39 is 0 Å². The van der Waals surface area contributed by atoms with Crippen LogP contribution < -0.4 is 5.32 Å². The van der Waals surface area contributed by atoms with Crippen LogP contribution in [-0.2, 0) is 4.74 Å². The fourth-order valence-corrected chi connectivity index (χ4v) is 4.40. The van der Waals surface area contributed by atoms with E-state index in [-0.39, 0.29) is 17.8 Å². The third-order valence-electron chi connectivity index (χ3n) is 5.61. The zero-order valence-corrected chi connectivity index (χ0v) is 14.8. The van der Waals surface area contributed by atoms with Crippen molar-refractivity contribution in [1.29, 1.82) is 0 Å². The van der Waals surface area contributed by atoms with Gasteiger partial charge in [0.1, 0.15) is 5.82 Å². The van der Waals surface area contributed by atoms with Crippen LogP contribution in [0.15, 0.2) is 48.5 Å². The highest BCUT2D eigenvalue weighted by molar-refractivity contribution is 5.94. The summed E-state index contributed by atoms with van der Waals surface area (Å²) in [7, 11) is 1.79. The van der Waals surface area contributed by atoms with Crippen molar-refractivity contribution in [1.82, 2.24) is 10.2 Å². The maximum atomic E-state index is 12.9. The maximum absolute atomic E-state index is 12.9. The van der Waals surface area contributed by atoms with Gasteiger partial charge in [0.2, 0.25) is 0 Å². The van der Waals surface area contributed by atoms with Gasteiger partial charge in [0.25, 0.3) is 5.91 Å². The molecule has 1 aliphatic carbocycles. The first kappa shape index (κ1) is 17.2. The molecule has 5 heteroatoms. The second-order valence-corrected chi connectivity index (χ2v) is 7.08. The molecule has 26 heavy (non-hydrogen) atoms. The molecule has 1 saturated heterocycles.